The van der Waals surface area contributed by atoms with Gasteiger partial charge < -0.3 is 4.90 Å². The first kappa shape index (κ1) is 22.0. The van der Waals surface area contributed by atoms with Gasteiger partial charge in [-0.15, -0.1) is 4.40 Å². The lowest BCUT2D eigenvalue weighted by atomic mass is 10.0. The number of sulfonamides is 2. The number of hydrogen-bond acceptors (Lipinski definition) is 5. The van der Waals surface area contributed by atoms with Crippen molar-refractivity contribution >= 4 is 30.8 Å². The van der Waals surface area contributed by atoms with Crippen molar-refractivity contribution in [3.05, 3.63) is 40.5 Å². The normalized spacial score (nSPS) is 20.3. The third-order valence-corrected chi connectivity index (χ3v) is 8.63. The quantitative estimate of drug-likeness (QED) is 0.761. The fraction of sp³-hybridized carbons (Fsp3) is 0.550. The van der Waals surface area contributed by atoms with E-state index in [1.807, 2.05) is 43.9 Å². The van der Waals surface area contributed by atoms with E-state index in [0.717, 1.165) is 11.1 Å². The van der Waals surface area contributed by atoms with Gasteiger partial charge in [-0.2, -0.15) is 8.42 Å². The first-order valence-corrected chi connectivity index (χ1v) is 13.0. The summed E-state index contributed by atoms with van der Waals surface area (Å²) in [6.07, 6.45) is 1.82. The van der Waals surface area contributed by atoms with Crippen LogP contribution in [0.15, 0.2) is 28.2 Å². The molecule has 0 saturated carbocycles. The summed E-state index contributed by atoms with van der Waals surface area (Å²) in [7, 11) is -7.01. The number of nitrogens with zero attached hydrogens (tertiary/aromatic N) is 2. The topological polar surface area (TPSA) is 95.9 Å². The molecule has 1 N–H and O–H groups in total. The zero-order valence-corrected chi connectivity index (χ0v) is 19.0. The predicted octanol–water partition coefficient (Wildman–Crippen LogP) is 2.57. The first-order chi connectivity index (χ1) is 13.5. The molecule has 160 valence electrons. The van der Waals surface area contributed by atoms with E-state index < -0.39 is 20.0 Å². The summed E-state index contributed by atoms with van der Waals surface area (Å²) < 4.78 is 56.4. The van der Waals surface area contributed by atoms with Crippen LogP contribution in [0.2, 0.25) is 0 Å². The van der Waals surface area contributed by atoms with Gasteiger partial charge >= 0.3 is 0 Å². The molecule has 29 heavy (non-hydrogen) atoms. The zero-order valence-electron chi connectivity index (χ0n) is 17.4. The number of benzene rings is 1. The van der Waals surface area contributed by atoms with Gasteiger partial charge in [-0.3, -0.25) is 0 Å². The molecule has 0 aromatic heterocycles. The van der Waals surface area contributed by atoms with Crippen LogP contribution in [-0.2, 0) is 20.0 Å². The summed E-state index contributed by atoms with van der Waals surface area (Å²) >= 11 is 0. The second kappa shape index (κ2) is 8.20. The van der Waals surface area contributed by atoms with Crippen LogP contribution in [0.1, 0.15) is 49.8 Å². The Balaban J connectivity index is 1.78. The highest BCUT2D eigenvalue weighted by Crippen LogP contribution is 2.35. The Kier molecular flexibility index (Phi) is 6.21. The molecule has 2 aliphatic rings. The number of hydrogen-bond donors (Lipinski definition) is 1. The smallest absolute Gasteiger partial charge is 0.285 e. The fourth-order valence-electron chi connectivity index (χ4n) is 3.86. The third-order valence-electron chi connectivity index (χ3n) is 5.52. The summed E-state index contributed by atoms with van der Waals surface area (Å²) in [6, 6.07) is 5.52. The van der Waals surface area contributed by atoms with Crippen molar-refractivity contribution in [2.75, 3.05) is 18.8 Å². The Morgan fingerprint density at radius 3 is 2.38 bits per heavy atom. The van der Waals surface area contributed by atoms with Gasteiger partial charge in [-0.05, 0) is 56.7 Å². The van der Waals surface area contributed by atoms with Crippen molar-refractivity contribution in [2.24, 2.45) is 4.40 Å². The molecule has 0 spiro atoms. The Labute approximate surface area is 174 Å². The van der Waals surface area contributed by atoms with Crippen LogP contribution < -0.4 is 4.72 Å². The lowest BCUT2D eigenvalue weighted by Gasteiger charge is -2.33. The molecule has 7 nitrogen and oxygen atoms in total. The number of aryl methyl sites for hydroxylation is 2. The number of piperidine rings is 1. The summed E-state index contributed by atoms with van der Waals surface area (Å²) in [5.41, 5.74) is 3.45. The van der Waals surface area contributed by atoms with Crippen molar-refractivity contribution in [3.8, 4) is 0 Å². The van der Waals surface area contributed by atoms with Gasteiger partial charge in [0, 0.05) is 24.7 Å². The Morgan fingerprint density at radius 1 is 1.14 bits per heavy atom. The minimum Gasteiger partial charge on any atom is -0.356 e. The molecule has 2 heterocycles. The second-order valence-electron chi connectivity index (χ2n) is 7.84. The van der Waals surface area contributed by atoms with Gasteiger partial charge in [-0.1, -0.05) is 25.1 Å². The Bertz CT molecular complexity index is 1060. The van der Waals surface area contributed by atoms with Crippen LogP contribution >= 0.6 is 0 Å². The van der Waals surface area contributed by atoms with Crippen LogP contribution in [0.5, 0.6) is 0 Å². The molecule has 0 bridgehead atoms. The van der Waals surface area contributed by atoms with Crippen molar-refractivity contribution in [2.45, 2.75) is 53.0 Å². The largest absolute Gasteiger partial charge is 0.356 e. The van der Waals surface area contributed by atoms with Gasteiger partial charge in [0.05, 0.1) is 5.75 Å². The van der Waals surface area contributed by atoms with Crippen molar-refractivity contribution in [1.82, 2.24) is 9.62 Å². The molecule has 0 amide bonds. The van der Waals surface area contributed by atoms with Crippen LogP contribution in [-0.4, -0.2) is 52.5 Å². The van der Waals surface area contributed by atoms with Crippen LogP contribution in [0.3, 0.4) is 0 Å². The maximum Gasteiger partial charge on any atom is 0.285 e. The van der Waals surface area contributed by atoms with Crippen LogP contribution in [0.25, 0.3) is 4.91 Å². The lowest BCUT2D eigenvalue weighted by molar-refractivity contribution is 0.302. The molecule has 9 heteroatoms. The molecule has 1 aromatic carbocycles. The van der Waals surface area contributed by atoms with Gasteiger partial charge in [-0.25, -0.2) is 13.1 Å². The van der Waals surface area contributed by atoms with E-state index in [9.17, 15) is 16.8 Å². The molecule has 0 unspecified atom stereocenters. The third kappa shape index (κ3) is 4.73. The second-order valence-corrected chi connectivity index (χ2v) is 11.3. The summed E-state index contributed by atoms with van der Waals surface area (Å²) in [5, 5.41) is 0. The van der Waals surface area contributed by atoms with E-state index in [-0.39, 0.29) is 16.7 Å². The number of amidine groups is 1. The minimum atomic E-state index is -3.75. The maximum absolute atomic E-state index is 12.8. The molecule has 2 aliphatic heterocycles. The van der Waals surface area contributed by atoms with Crippen molar-refractivity contribution < 1.29 is 16.8 Å². The van der Waals surface area contributed by atoms with Gasteiger partial charge in [0.1, 0.15) is 10.7 Å². The average Bonchev–Trinajstić information content (AvgIpc) is 2.87. The number of rotatable bonds is 5. The van der Waals surface area contributed by atoms with Crippen LogP contribution in [0.4, 0.5) is 0 Å². The summed E-state index contributed by atoms with van der Waals surface area (Å²) in [6.45, 7) is 8.70. The van der Waals surface area contributed by atoms with Gasteiger partial charge in [0.2, 0.25) is 10.0 Å². The minimum absolute atomic E-state index is 0.120. The molecular formula is C20H29N3O4S2. The molecule has 1 fully saturated rings. The lowest BCUT2D eigenvalue weighted by Crippen LogP contribution is -2.47. The average molecular weight is 440 g/mol. The Hall–Kier alpha value is -1.71. The summed E-state index contributed by atoms with van der Waals surface area (Å²) in [5.74, 6) is 0.604. The Morgan fingerprint density at radius 2 is 1.79 bits per heavy atom. The fourth-order valence-corrected chi connectivity index (χ4v) is 6.73. The SMILES string of the molecule is CCCS(=O)(=O)NC1CCN(C2=NS(=O)(=O)C(c3ccc(C)c(C)c3)=C2C)CC1. The van der Waals surface area contributed by atoms with E-state index in [0.29, 0.717) is 49.3 Å². The molecule has 0 radical (unpaired) electrons. The molecule has 1 saturated heterocycles. The molecule has 0 aliphatic carbocycles. The highest BCUT2D eigenvalue weighted by molar-refractivity contribution is 8.00. The molecular weight excluding hydrogens is 410 g/mol. The van der Waals surface area contributed by atoms with Gasteiger partial charge in [0.25, 0.3) is 10.0 Å². The summed E-state index contributed by atoms with van der Waals surface area (Å²) in [4.78, 5) is 2.22. The van der Waals surface area contributed by atoms with Gasteiger partial charge in [0.15, 0.2) is 0 Å². The molecule has 0 atom stereocenters. The molecule has 1 aromatic rings. The van der Waals surface area contributed by atoms with E-state index >= 15 is 0 Å². The van der Waals surface area contributed by atoms with Crippen molar-refractivity contribution in [1.29, 1.82) is 0 Å². The zero-order chi connectivity index (χ0) is 21.4. The molecule has 3 rings (SSSR count). The number of nitrogens with one attached hydrogen (secondary N) is 1. The van der Waals surface area contributed by atoms with E-state index in [2.05, 4.69) is 9.12 Å². The van der Waals surface area contributed by atoms with E-state index in [1.165, 1.54) is 0 Å². The highest BCUT2D eigenvalue weighted by atomic mass is 32.2. The van der Waals surface area contributed by atoms with E-state index in [4.69, 9.17) is 0 Å². The monoisotopic (exact) mass is 439 g/mol. The standard InChI is InChI=1S/C20H29N3O4S2/c1-5-12-28(24,25)21-18-8-10-23(11-9-18)20-16(4)19(29(26,27)22-20)17-7-6-14(2)15(3)13-17/h6-7,13,18,21H,5,8-12H2,1-4H3. The predicted molar refractivity (Wildman–Crippen MR) is 117 cm³/mol. The number of likely N-dealkylation sites (tertiary alicyclic amines) is 1. The van der Waals surface area contributed by atoms with Crippen molar-refractivity contribution in [3.63, 3.8) is 0 Å². The van der Waals surface area contributed by atoms with E-state index in [1.54, 1.807) is 6.92 Å². The maximum atomic E-state index is 12.8. The first-order valence-electron chi connectivity index (χ1n) is 9.93. The highest BCUT2D eigenvalue weighted by Gasteiger charge is 2.35. The van der Waals surface area contributed by atoms with Crippen LogP contribution in [0, 0.1) is 13.8 Å².